The van der Waals surface area contributed by atoms with E-state index in [1.54, 1.807) is 6.92 Å². The predicted octanol–water partition coefficient (Wildman–Crippen LogP) is 0.289. The Labute approximate surface area is 82.7 Å². The topological polar surface area (TPSA) is 74.7 Å². The number of amides is 1. The second-order valence-corrected chi connectivity index (χ2v) is 3.01. The maximum atomic E-state index is 11.2. The van der Waals surface area contributed by atoms with E-state index in [0.717, 1.165) is 0 Å². The van der Waals surface area contributed by atoms with Gasteiger partial charge in [-0.15, -0.1) is 0 Å². The number of aliphatic carboxylic acids is 1. The van der Waals surface area contributed by atoms with Crippen LogP contribution in [0.15, 0.2) is 0 Å². The zero-order chi connectivity index (χ0) is 11.1. The van der Waals surface area contributed by atoms with Crippen molar-refractivity contribution in [2.24, 2.45) is 0 Å². The van der Waals surface area contributed by atoms with E-state index in [1.165, 1.54) is 11.8 Å². The summed E-state index contributed by atoms with van der Waals surface area (Å²) in [7, 11) is 0. The molecule has 0 aromatic rings. The minimum Gasteiger partial charge on any atom is -0.480 e. The molecule has 1 N–H and O–H groups in total. The lowest BCUT2D eigenvalue weighted by Crippen LogP contribution is -2.36. The molecule has 0 rings (SSSR count). The van der Waals surface area contributed by atoms with Crippen LogP contribution in [0.25, 0.3) is 0 Å². The van der Waals surface area contributed by atoms with Gasteiger partial charge in [-0.1, -0.05) is 6.92 Å². The second kappa shape index (κ2) is 6.12. The average Bonchev–Trinajstić information content (AvgIpc) is 2.10. The van der Waals surface area contributed by atoms with Gasteiger partial charge in [-0.25, -0.2) is 0 Å². The van der Waals surface area contributed by atoms with Crippen molar-refractivity contribution in [3.63, 3.8) is 0 Å². The average molecular weight is 201 g/mol. The van der Waals surface area contributed by atoms with E-state index >= 15 is 0 Å². The summed E-state index contributed by atoms with van der Waals surface area (Å²) in [5.41, 5.74) is 0. The highest BCUT2D eigenvalue weighted by Crippen LogP contribution is 1.97. The van der Waals surface area contributed by atoms with Gasteiger partial charge in [0.15, 0.2) is 0 Å². The van der Waals surface area contributed by atoms with E-state index in [-0.39, 0.29) is 37.6 Å². The number of nitrogens with zero attached hydrogens (tertiary/aromatic N) is 1. The zero-order valence-electron chi connectivity index (χ0n) is 8.45. The Morgan fingerprint density at radius 1 is 1.29 bits per heavy atom. The highest BCUT2D eigenvalue weighted by molar-refractivity contribution is 5.82. The number of Topliss-reactive ketones (excluding diaryl/α,β-unsaturated/α-hetero) is 1. The minimum atomic E-state index is -1.06. The molecule has 0 aromatic heterocycles. The van der Waals surface area contributed by atoms with Crippen molar-refractivity contribution in [1.29, 1.82) is 0 Å². The first-order chi connectivity index (χ1) is 6.47. The van der Waals surface area contributed by atoms with Gasteiger partial charge in [-0.05, 0) is 6.92 Å². The van der Waals surface area contributed by atoms with Gasteiger partial charge >= 0.3 is 5.97 Å². The summed E-state index contributed by atoms with van der Waals surface area (Å²) in [5.74, 6) is -1.35. The van der Waals surface area contributed by atoms with Crippen LogP contribution in [0, 0.1) is 0 Å². The van der Waals surface area contributed by atoms with Crippen LogP contribution in [0.3, 0.4) is 0 Å². The summed E-state index contributed by atoms with van der Waals surface area (Å²) in [6, 6.07) is 0. The number of rotatable bonds is 6. The van der Waals surface area contributed by atoms with Gasteiger partial charge < -0.3 is 10.0 Å². The van der Waals surface area contributed by atoms with Crippen molar-refractivity contribution in [1.82, 2.24) is 4.90 Å². The Bertz CT molecular complexity index is 237. The van der Waals surface area contributed by atoms with E-state index in [2.05, 4.69) is 0 Å². The van der Waals surface area contributed by atoms with Crippen LogP contribution in [-0.2, 0) is 14.4 Å². The van der Waals surface area contributed by atoms with Gasteiger partial charge in [-0.2, -0.15) is 0 Å². The van der Waals surface area contributed by atoms with Gasteiger partial charge in [0.2, 0.25) is 5.91 Å². The molecule has 0 heterocycles. The lowest BCUT2D eigenvalue weighted by atomic mass is 10.2. The molecule has 0 aliphatic rings. The van der Waals surface area contributed by atoms with E-state index in [0.29, 0.717) is 0 Å². The van der Waals surface area contributed by atoms with E-state index in [9.17, 15) is 14.4 Å². The molecule has 0 fully saturated rings. The normalized spacial score (nSPS) is 9.57. The van der Waals surface area contributed by atoms with Crippen molar-refractivity contribution < 1.29 is 19.5 Å². The quantitative estimate of drug-likeness (QED) is 0.670. The summed E-state index contributed by atoms with van der Waals surface area (Å²) in [4.78, 5) is 33.5. The summed E-state index contributed by atoms with van der Waals surface area (Å²) < 4.78 is 0. The number of carboxylic acid groups (broad SMARTS) is 1. The third kappa shape index (κ3) is 5.29. The van der Waals surface area contributed by atoms with Crippen LogP contribution in [0.5, 0.6) is 0 Å². The molecule has 14 heavy (non-hydrogen) atoms. The Balaban J connectivity index is 4.17. The number of ketones is 1. The smallest absolute Gasteiger partial charge is 0.323 e. The Hall–Kier alpha value is -1.39. The van der Waals surface area contributed by atoms with E-state index in [1.807, 2.05) is 0 Å². The third-order valence-electron chi connectivity index (χ3n) is 1.72. The largest absolute Gasteiger partial charge is 0.480 e. The van der Waals surface area contributed by atoms with Crippen molar-refractivity contribution in [2.45, 2.75) is 26.7 Å². The van der Waals surface area contributed by atoms with Crippen LogP contribution in [0.2, 0.25) is 0 Å². The standard InChI is InChI=1S/C9H15NO4/c1-3-8(12)10(6-9(13)14)5-4-7(2)11/h3-6H2,1-2H3,(H,13,14). The molecule has 0 aliphatic heterocycles. The van der Waals surface area contributed by atoms with Gasteiger partial charge in [0.25, 0.3) is 0 Å². The van der Waals surface area contributed by atoms with Crippen LogP contribution in [0.1, 0.15) is 26.7 Å². The molecule has 0 spiro atoms. The van der Waals surface area contributed by atoms with Crippen molar-refractivity contribution >= 4 is 17.7 Å². The SMILES string of the molecule is CCC(=O)N(CCC(C)=O)CC(=O)O. The summed E-state index contributed by atoms with van der Waals surface area (Å²) >= 11 is 0. The lowest BCUT2D eigenvalue weighted by Gasteiger charge is -2.19. The Morgan fingerprint density at radius 3 is 2.21 bits per heavy atom. The van der Waals surface area contributed by atoms with Crippen LogP contribution >= 0.6 is 0 Å². The fraction of sp³-hybridized carbons (Fsp3) is 0.667. The fourth-order valence-electron chi connectivity index (χ4n) is 0.971. The fourth-order valence-corrected chi connectivity index (χ4v) is 0.971. The molecule has 0 unspecified atom stereocenters. The van der Waals surface area contributed by atoms with Crippen LogP contribution < -0.4 is 0 Å². The summed E-state index contributed by atoms with van der Waals surface area (Å²) in [5, 5.41) is 8.51. The molecule has 0 saturated heterocycles. The first kappa shape index (κ1) is 12.6. The Kier molecular flexibility index (Phi) is 5.52. The van der Waals surface area contributed by atoms with Crippen molar-refractivity contribution in [3.05, 3.63) is 0 Å². The molecule has 1 amide bonds. The van der Waals surface area contributed by atoms with Crippen LogP contribution in [-0.4, -0.2) is 40.8 Å². The van der Waals surface area contributed by atoms with Crippen LogP contribution in [0.4, 0.5) is 0 Å². The first-order valence-corrected chi connectivity index (χ1v) is 4.46. The van der Waals surface area contributed by atoms with Gasteiger partial charge in [-0.3, -0.25) is 14.4 Å². The summed E-state index contributed by atoms with van der Waals surface area (Å²) in [6.07, 6.45) is 0.463. The maximum absolute atomic E-state index is 11.2. The molecule has 5 heteroatoms. The molecule has 0 radical (unpaired) electrons. The molecule has 0 saturated carbocycles. The first-order valence-electron chi connectivity index (χ1n) is 4.46. The number of hydrogen-bond acceptors (Lipinski definition) is 3. The van der Waals surface area contributed by atoms with Gasteiger partial charge in [0, 0.05) is 19.4 Å². The Morgan fingerprint density at radius 2 is 1.86 bits per heavy atom. The number of carbonyl (C=O) groups is 3. The number of carbonyl (C=O) groups excluding carboxylic acids is 2. The van der Waals surface area contributed by atoms with E-state index in [4.69, 9.17) is 5.11 Å². The number of carboxylic acids is 1. The lowest BCUT2D eigenvalue weighted by molar-refractivity contribution is -0.144. The van der Waals surface area contributed by atoms with Crippen molar-refractivity contribution in [2.75, 3.05) is 13.1 Å². The second-order valence-electron chi connectivity index (χ2n) is 3.01. The molecule has 80 valence electrons. The zero-order valence-corrected chi connectivity index (χ0v) is 8.45. The molecule has 0 bridgehead atoms. The maximum Gasteiger partial charge on any atom is 0.323 e. The molecular weight excluding hydrogens is 186 g/mol. The third-order valence-corrected chi connectivity index (χ3v) is 1.72. The van der Waals surface area contributed by atoms with E-state index < -0.39 is 5.97 Å². The highest BCUT2D eigenvalue weighted by Gasteiger charge is 2.14. The van der Waals surface area contributed by atoms with Gasteiger partial charge in [0.1, 0.15) is 12.3 Å². The molecule has 0 atom stereocenters. The number of hydrogen-bond donors (Lipinski definition) is 1. The molecule has 0 aromatic carbocycles. The highest BCUT2D eigenvalue weighted by atomic mass is 16.4. The molecule has 0 aliphatic carbocycles. The molecular formula is C9H15NO4. The van der Waals surface area contributed by atoms with Gasteiger partial charge in [0.05, 0.1) is 0 Å². The minimum absolute atomic E-state index is 0.0516. The summed E-state index contributed by atoms with van der Waals surface area (Å²) in [6.45, 7) is 2.93. The molecule has 5 nitrogen and oxygen atoms in total. The van der Waals surface area contributed by atoms with Crippen molar-refractivity contribution in [3.8, 4) is 0 Å². The predicted molar refractivity (Wildman–Crippen MR) is 49.8 cm³/mol. The monoisotopic (exact) mass is 201 g/mol.